The molecule has 0 aliphatic rings. The van der Waals surface area contributed by atoms with E-state index in [-0.39, 0.29) is 5.69 Å². The lowest BCUT2D eigenvalue weighted by Gasteiger charge is -2.07. The number of aromatic nitrogens is 4. The molecule has 0 saturated carbocycles. The van der Waals surface area contributed by atoms with Crippen LogP contribution in [0.5, 0.6) is 0 Å². The van der Waals surface area contributed by atoms with E-state index in [1.165, 1.54) is 10.4 Å². The number of imidazole rings is 1. The number of aryl methyl sites for hydroxylation is 2. The summed E-state index contributed by atoms with van der Waals surface area (Å²) in [4.78, 5) is 27.7. The summed E-state index contributed by atoms with van der Waals surface area (Å²) in [5.41, 5.74) is 3.40. The number of hydrogen-bond acceptors (Lipinski definition) is 5. The second-order valence-electron chi connectivity index (χ2n) is 5.15. The molecule has 0 aliphatic carbocycles. The normalized spacial score (nSPS) is 11.4. The first kappa shape index (κ1) is 13.0. The topological polar surface area (TPSA) is 86.5 Å². The van der Waals surface area contributed by atoms with Crippen LogP contribution in [0.15, 0.2) is 29.3 Å². The predicted molar refractivity (Wildman–Crippen MR) is 89.1 cm³/mol. The van der Waals surface area contributed by atoms with Gasteiger partial charge in [0.25, 0.3) is 0 Å². The molecule has 0 fully saturated rings. The Hall–Kier alpha value is -2.67. The first-order chi connectivity index (χ1) is 10.6. The smallest absolute Gasteiger partial charge is 0.323 e. The summed E-state index contributed by atoms with van der Waals surface area (Å²) < 4.78 is 0. The van der Waals surface area contributed by atoms with E-state index in [1.54, 1.807) is 17.7 Å². The molecule has 0 radical (unpaired) electrons. The van der Waals surface area contributed by atoms with Crippen LogP contribution in [0, 0.1) is 13.8 Å². The molecular formula is C15H13N5OS. The molecule has 3 N–H and O–H groups in total. The van der Waals surface area contributed by atoms with Crippen molar-refractivity contribution in [3.63, 3.8) is 0 Å². The summed E-state index contributed by atoms with van der Waals surface area (Å²) in [7, 11) is 0. The van der Waals surface area contributed by atoms with E-state index in [1.807, 2.05) is 18.2 Å². The average molecular weight is 311 g/mol. The Morgan fingerprint density at radius 1 is 1.14 bits per heavy atom. The van der Waals surface area contributed by atoms with Gasteiger partial charge in [0.2, 0.25) is 0 Å². The zero-order valence-electron chi connectivity index (χ0n) is 12.0. The molecule has 22 heavy (non-hydrogen) atoms. The third-order valence-electron chi connectivity index (χ3n) is 3.74. The molecule has 0 aliphatic heterocycles. The van der Waals surface area contributed by atoms with Gasteiger partial charge < -0.3 is 15.3 Å². The van der Waals surface area contributed by atoms with Crippen LogP contribution >= 0.6 is 11.3 Å². The fraction of sp³-hybridized carbons (Fsp3) is 0.133. The first-order valence-electron chi connectivity index (χ1n) is 6.81. The summed E-state index contributed by atoms with van der Waals surface area (Å²) in [5.74, 6) is 0.782. The van der Waals surface area contributed by atoms with Crippen LogP contribution in [0.3, 0.4) is 0 Å². The summed E-state index contributed by atoms with van der Waals surface area (Å²) >= 11 is 1.67. The Morgan fingerprint density at radius 2 is 1.95 bits per heavy atom. The Bertz CT molecular complexity index is 1060. The van der Waals surface area contributed by atoms with Crippen LogP contribution < -0.4 is 11.0 Å². The number of thiophene rings is 1. The van der Waals surface area contributed by atoms with Crippen LogP contribution in [0.25, 0.3) is 21.3 Å². The van der Waals surface area contributed by atoms with Crippen molar-refractivity contribution in [3.05, 3.63) is 45.5 Å². The van der Waals surface area contributed by atoms with Gasteiger partial charge in [0.1, 0.15) is 17.0 Å². The molecule has 3 aromatic heterocycles. The van der Waals surface area contributed by atoms with Gasteiger partial charge in [0, 0.05) is 10.6 Å². The minimum atomic E-state index is -0.208. The van der Waals surface area contributed by atoms with Crippen molar-refractivity contribution in [2.75, 3.05) is 5.32 Å². The van der Waals surface area contributed by atoms with Gasteiger partial charge in [-0.3, -0.25) is 0 Å². The zero-order valence-corrected chi connectivity index (χ0v) is 12.8. The van der Waals surface area contributed by atoms with Gasteiger partial charge in [-0.25, -0.2) is 14.8 Å². The number of anilines is 2. The van der Waals surface area contributed by atoms with Crippen molar-refractivity contribution in [1.29, 1.82) is 0 Å². The van der Waals surface area contributed by atoms with Crippen LogP contribution in [-0.4, -0.2) is 19.9 Å². The standard InChI is InChI=1S/C15H13N5OS/c1-7-8(2)22-14-12(7)13(16-6-17-14)18-9-3-4-10-11(5-9)20-15(21)19-10/h3-6H,1-2H3,(H,16,17,18)(H2,19,20,21). The van der Waals surface area contributed by atoms with E-state index < -0.39 is 0 Å². The number of rotatable bonds is 2. The zero-order chi connectivity index (χ0) is 15.3. The highest BCUT2D eigenvalue weighted by molar-refractivity contribution is 7.18. The van der Waals surface area contributed by atoms with Gasteiger partial charge in [0.05, 0.1) is 16.4 Å². The van der Waals surface area contributed by atoms with Crippen molar-refractivity contribution < 1.29 is 0 Å². The second-order valence-corrected chi connectivity index (χ2v) is 6.35. The molecular weight excluding hydrogens is 298 g/mol. The Balaban J connectivity index is 1.83. The molecule has 6 nitrogen and oxygen atoms in total. The monoisotopic (exact) mass is 311 g/mol. The van der Waals surface area contributed by atoms with Gasteiger partial charge in [0.15, 0.2) is 0 Å². The lowest BCUT2D eigenvalue weighted by molar-refractivity contribution is 1.21. The lowest BCUT2D eigenvalue weighted by Crippen LogP contribution is -1.99. The molecule has 0 amide bonds. The number of benzene rings is 1. The Morgan fingerprint density at radius 3 is 2.82 bits per heavy atom. The maximum Gasteiger partial charge on any atom is 0.323 e. The number of hydrogen-bond donors (Lipinski definition) is 3. The van der Waals surface area contributed by atoms with Crippen molar-refractivity contribution in [2.45, 2.75) is 13.8 Å². The number of nitrogens with zero attached hydrogens (tertiary/aromatic N) is 2. The van der Waals surface area contributed by atoms with Crippen LogP contribution in [-0.2, 0) is 0 Å². The van der Waals surface area contributed by atoms with Gasteiger partial charge in [-0.15, -0.1) is 11.3 Å². The molecule has 0 unspecified atom stereocenters. The van der Waals surface area contributed by atoms with E-state index in [9.17, 15) is 4.79 Å². The molecule has 4 rings (SSSR count). The Kier molecular flexibility index (Phi) is 2.77. The Labute approximate surface area is 129 Å². The van der Waals surface area contributed by atoms with Gasteiger partial charge in [-0.05, 0) is 37.6 Å². The van der Waals surface area contributed by atoms with E-state index >= 15 is 0 Å². The molecule has 0 bridgehead atoms. The molecule has 1 aromatic carbocycles. The highest BCUT2D eigenvalue weighted by atomic mass is 32.1. The predicted octanol–water partition coefficient (Wildman–Crippen LogP) is 3.22. The van der Waals surface area contributed by atoms with Crippen LogP contribution in [0.1, 0.15) is 10.4 Å². The minimum absolute atomic E-state index is 0.208. The maximum absolute atomic E-state index is 11.3. The first-order valence-corrected chi connectivity index (χ1v) is 7.63. The lowest BCUT2D eigenvalue weighted by atomic mass is 10.2. The van der Waals surface area contributed by atoms with Gasteiger partial charge >= 0.3 is 5.69 Å². The van der Waals surface area contributed by atoms with Crippen LogP contribution in [0.2, 0.25) is 0 Å². The van der Waals surface area contributed by atoms with Crippen molar-refractivity contribution in [1.82, 2.24) is 19.9 Å². The number of fused-ring (bicyclic) bond motifs is 2. The third kappa shape index (κ3) is 1.98. The number of aromatic amines is 2. The molecule has 3 heterocycles. The number of nitrogens with one attached hydrogen (secondary N) is 3. The quantitative estimate of drug-likeness (QED) is 0.530. The van der Waals surface area contributed by atoms with Gasteiger partial charge in [-0.1, -0.05) is 0 Å². The molecule has 7 heteroatoms. The molecule has 110 valence electrons. The fourth-order valence-corrected chi connectivity index (χ4v) is 3.52. The minimum Gasteiger partial charge on any atom is -0.340 e. The number of H-pyrrole nitrogens is 2. The highest BCUT2D eigenvalue weighted by Gasteiger charge is 2.12. The molecule has 0 atom stereocenters. The molecule has 0 spiro atoms. The van der Waals surface area contributed by atoms with Gasteiger partial charge in [-0.2, -0.15) is 0 Å². The van der Waals surface area contributed by atoms with Crippen LogP contribution in [0.4, 0.5) is 11.5 Å². The van der Waals surface area contributed by atoms with Crippen molar-refractivity contribution in [2.24, 2.45) is 0 Å². The highest BCUT2D eigenvalue weighted by Crippen LogP contribution is 2.33. The second kappa shape index (κ2) is 4.67. The molecule has 0 saturated heterocycles. The summed E-state index contributed by atoms with van der Waals surface area (Å²) in [5, 5.41) is 4.37. The van der Waals surface area contributed by atoms with E-state index in [0.29, 0.717) is 0 Å². The largest absolute Gasteiger partial charge is 0.340 e. The summed E-state index contributed by atoms with van der Waals surface area (Å²) in [6.07, 6.45) is 1.57. The van der Waals surface area contributed by atoms with E-state index in [4.69, 9.17) is 0 Å². The SMILES string of the molecule is Cc1sc2ncnc(Nc3ccc4[nH]c(=O)[nH]c4c3)c2c1C. The average Bonchev–Trinajstić information content (AvgIpc) is 2.99. The van der Waals surface area contributed by atoms with E-state index in [2.05, 4.69) is 39.1 Å². The van der Waals surface area contributed by atoms with Crippen molar-refractivity contribution in [3.8, 4) is 0 Å². The third-order valence-corrected chi connectivity index (χ3v) is 4.86. The summed E-state index contributed by atoms with van der Waals surface area (Å²) in [6, 6.07) is 5.66. The summed E-state index contributed by atoms with van der Waals surface area (Å²) in [6.45, 7) is 4.16. The molecule has 4 aromatic rings. The van der Waals surface area contributed by atoms with E-state index in [0.717, 1.165) is 32.8 Å². The maximum atomic E-state index is 11.3. The van der Waals surface area contributed by atoms with Crippen molar-refractivity contribution >= 4 is 44.1 Å². The fourth-order valence-electron chi connectivity index (χ4n) is 2.52.